The van der Waals surface area contributed by atoms with Crippen molar-refractivity contribution in [2.24, 2.45) is 0 Å². The van der Waals surface area contributed by atoms with Gasteiger partial charge in [0.2, 0.25) is 0 Å². The number of fused-ring (bicyclic) bond motifs is 7. The lowest BCUT2D eigenvalue weighted by molar-refractivity contribution is 0.669. The number of nitrogens with zero attached hydrogens (tertiary/aromatic N) is 1. The molecule has 0 bridgehead atoms. The van der Waals surface area contributed by atoms with Gasteiger partial charge >= 0.3 is 0 Å². The molecule has 0 saturated carbocycles. The van der Waals surface area contributed by atoms with Crippen LogP contribution in [0.1, 0.15) is 0 Å². The Labute approximate surface area is 357 Å². The van der Waals surface area contributed by atoms with E-state index in [1.54, 1.807) is 0 Å². The van der Waals surface area contributed by atoms with E-state index < -0.39 is 0 Å². The van der Waals surface area contributed by atoms with E-state index in [0.717, 1.165) is 50.1 Å². The van der Waals surface area contributed by atoms with Crippen molar-refractivity contribution in [2.45, 2.75) is 0 Å². The fourth-order valence-electron chi connectivity index (χ4n) is 8.91. The van der Waals surface area contributed by atoms with E-state index in [1.165, 1.54) is 64.3 Å². The summed E-state index contributed by atoms with van der Waals surface area (Å²) < 4.78 is 8.81. The fraction of sp³-hybridized carbons (Fsp3) is 0. The predicted molar refractivity (Wildman–Crippen MR) is 261 cm³/mol. The monoisotopic (exact) mass is 795 g/mol. The van der Waals surface area contributed by atoms with Crippen LogP contribution in [0, 0.1) is 0 Å². The molecule has 3 heteroatoms. The van der Waals surface area contributed by atoms with Crippen LogP contribution in [0.4, 0.5) is 17.1 Å². The van der Waals surface area contributed by atoms with Crippen LogP contribution < -0.4 is 4.90 Å². The summed E-state index contributed by atoms with van der Waals surface area (Å²) in [7, 11) is 0. The van der Waals surface area contributed by atoms with Gasteiger partial charge in [0, 0.05) is 48.0 Å². The molecule has 0 aliphatic carbocycles. The summed E-state index contributed by atoms with van der Waals surface area (Å²) in [6.07, 6.45) is 0. The zero-order valence-electron chi connectivity index (χ0n) is 33.1. The maximum Gasteiger partial charge on any atom is 0.135 e. The average molecular weight is 796 g/mol. The lowest BCUT2D eigenvalue weighted by Crippen LogP contribution is -2.10. The highest BCUT2D eigenvalue weighted by Gasteiger charge is 2.16. The van der Waals surface area contributed by atoms with Crippen molar-refractivity contribution >= 4 is 81.3 Å². The summed E-state index contributed by atoms with van der Waals surface area (Å²) in [6.45, 7) is 0. The molecule has 0 aliphatic rings. The molecule has 0 N–H and O–H groups in total. The topological polar surface area (TPSA) is 16.4 Å². The SMILES string of the molecule is c1cc(-c2ccc3oc4ccccc4c3c2)cc(N(c2ccc(-c3ccc(-c4ccc5ccccc5c4)cc3)cc2)c2ccc(-c3ccc4c(c3)sc3ccccc34)cc2)c1. The molecular formula is C58H37NOS. The van der Waals surface area contributed by atoms with E-state index in [-0.39, 0.29) is 0 Å². The number of hydrogen-bond acceptors (Lipinski definition) is 3. The van der Waals surface area contributed by atoms with Crippen molar-refractivity contribution in [3.63, 3.8) is 0 Å². The molecule has 12 rings (SSSR count). The molecule has 10 aromatic carbocycles. The number of para-hydroxylation sites is 1. The number of furan rings is 1. The van der Waals surface area contributed by atoms with Gasteiger partial charge in [-0.05, 0) is 128 Å². The zero-order valence-corrected chi connectivity index (χ0v) is 33.9. The van der Waals surface area contributed by atoms with Crippen molar-refractivity contribution < 1.29 is 4.42 Å². The summed E-state index contributed by atoms with van der Waals surface area (Å²) in [5.41, 5.74) is 14.6. The Morgan fingerprint density at radius 3 is 1.57 bits per heavy atom. The smallest absolute Gasteiger partial charge is 0.135 e. The maximum absolute atomic E-state index is 6.17. The van der Waals surface area contributed by atoms with Crippen molar-refractivity contribution in [2.75, 3.05) is 4.90 Å². The molecule has 0 aliphatic heterocycles. The molecule has 0 fully saturated rings. The van der Waals surface area contributed by atoms with Crippen LogP contribution in [0.15, 0.2) is 229 Å². The number of rotatable bonds is 7. The summed E-state index contributed by atoms with van der Waals surface area (Å²) in [5, 5.41) is 7.41. The Morgan fingerprint density at radius 2 is 0.803 bits per heavy atom. The van der Waals surface area contributed by atoms with Gasteiger partial charge in [-0.25, -0.2) is 0 Å². The first-order valence-corrected chi connectivity index (χ1v) is 21.5. The van der Waals surface area contributed by atoms with Gasteiger partial charge in [-0.15, -0.1) is 11.3 Å². The Hall–Kier alpha value is -7.72. The summed E-state index contributed by atoms with van der Waals surface area (Å²) >= 11 is 1.86. The molecular weight excluding hydrogens is 759 g/mol. The normalized spacial score (nSPS) is 11.6. The molecule has 2 heterocycles. The standard InChI is InChI=1S/C58H37NOS/c1-2-9-43-34-45(21-20-38(43)8-1)41-18-16-39(17-19-41)40-22-28-48(29-23-40)59(49-30-24-42(25-31-49)47-26-32-53-52-13-4-6-15-57(52)61-58(53)37-47)50-11-7-10-44(35-50)46-27-33-56-54(36-46)51-12-3-5-14-55(51)60-56/h1-37H. The molecule has 0 unspecified atom stereocenters. The van der Waals surface area contributed by atoms with Crippen LogP contribution in [0.5, 0.6) is 0 Å². The highest BCUT2D eigenvalue weighted by molar-refractivity contribution is 7.25. The Kier molecular flexibility index (Phi) is 8.39. The maximum atomic E-state index is 6.17. The van der Waals surface area contributed by atoms with Gasteiger partial charge in [-0.1, -0.05) is 152 Å². The molecule has 0 radical (unpaired) electrons. The molecule has 0 spiro atoms. The lowest BCUT2D eigenvalue weighted by Gasteiger charge is -2.26. The van der Waals surface area contributed by atoms with Gasteiger partial charge in [-0.2, -0.15) is 0 Å². The van der Waals surface area contributed by atoms with Crippen LogP contribution in [-0.4, -0.2) is 0 Å². The van der Waals surface area contributed by atoms with Crippen molar-refractivity contribution in [3.8, 4) is 44.5 Å². The molecule has 286 valence electrons. The van der Waals surface area contributed by atoms with E-state index in [2.05, 4.69) is 217 Å². The third kappa shape index (κ3) is 6.35. The molecule has 0 atom stereocenters. The molecule has 2 nitrogen and oxygen atoms in total. The number of anilines is 3. The van der Waals surface area contributed by atoms with Crippen molar-refractivity contribution in [3.05, 3.63) is 224 Å². The van der Waals surface area contributed by atoms with Crippen LogP contribution in [-0.2, 0) is 0 Å². The average Bonchev–Trinajstić information content (AvgIpc) is 3.90. The van der Waals surface area contributed by atoms with E-state index in [0.29, 0.717) is 0 Å². The highest BCUT2D eigenvalue weighted by Crippen LogP contribution is 2.41. The van der Waals surface area contributed by atoms with Crippen LogP contribution in [0.3, 0.4) is 0 Å². The first kappa shape index (κ1) is 35.2. The minimum atomic E-state index is 0.901. The minimum Gasteiger partial charge on any atom is -0.456 e. The van der Waals surface area contributed by atoms with Crippen LogP contribution in [0.2, 0.25) is 0 Å². The predicted octanol–water partition coefficient (Wildman–Crippen LogP) is 17.2. The van der Waals surface area contributed by atoms with Gasteiger partial charge < -0.3 is 9.32 Å². The first-order valence-electron chi connectivity index (χ1n) is 20.7. The molecule has 0 amide bonds. The van der Waals surface area contributed by atoms with E-state index in [4.69, 9.17) is 4.42 Å². The third-order valence-corrected chi connectivity index (χ3v) is 13.2. The van der Waals surface area contributed by atoms with Crippen LogP contribution in [0.25, 0.3) is 97.4 Å². The summed E-state index contributed by atoms with van der Waals surface area (Å²) in [6, 6.07) is 81.3. The first-order chi connectivity index (χ1) is 30.2. The van der Waals surface area contributed by atoms with E-state index >= 15 is 0 Å². The second-order valence-electron chi connectivity index (χ2n) is 15.7. The van der Waals surface area contributed by atoms with Crippen LogP contribution >= 0.6 is 11.3 Å². The molecule has 0 saturated heterocycles. The molecule has 2 aromatic heterocycles. The second kappa shape index (κ2) is 14.5. The third-order valence-electron chi connectivity index (χ3n) is 12.1. The van der Waals surface area contributed by atoms with Gasteiger partial charge in [0.05, 0.1) is 0 Å². The number of benzene rings is 10. The van der Waals surface area contributed by atoms with Gasteiger partial charge in [0.25, 0.3) is 0 Å². The van der Waals surface area contributed by atoms with Crippen molar-refractivity contribution in [1.29, 1.82) is 0 Å². The fourth-order valence-corrected chi connectivity index (χ4v) is 10.1. The minimum absolute atomic E-state index is 0.901. The molecule has 12 aromatic rings. The largest absolute Gasteiger partial charge is 0.456 e. The van der Waals surface area contributed by atoms with Crippen molar-refractivity contribution in [1.82, 2.24) is 0 Å². The quantitative estimate of drug-likeness (QED) is 0.160. The molecule has 61 heavy (non-hydrogen) atoms. The Morgan fingerprint density at radius 1 is 0.279 bits per heavy atom. The van der Waals surface area contributed by atoms with Gasteiger partial charge in [0.1, 0.15) is 11.2 Å². The Balaban J connectivity index is 0.905. The second-order valence-corrected chi connectivity index (χ2v) is 16.8. The number of thiophene rings is 1. The van der Waals surface area contributed by atoms with E-state index in [1.807, 2.05) is 23.5 Å². The van der Waals surface area contributed by atoms with Gasteiger partial charge in [0.15, 0.2) is 0 Å². The summed E-state index contributed by atoms with van der Waals surface area (Å²) in [5.74, 6) is 0. The summed E-state index contributed by atoms with van der Waals surface area (Å²) in [4.78, 5) is 2.36. The number of hydrogen-bond donors (Lipinski definition) is 0. The zero-order chi connectivity index (χ0) is 40.3. The Bertz CT molecular complexity index is 3580. The highest BCUT2D eigenvalue weighted by atomic mass is 32.1. The lowest BCUT2D eigenvalue weighted by atomic mass is 9.98. The van der Waals surface area contributed by atoms with Gasteiger partial charge in [-0.3, -0.25) is 0 Å². The van der Waals surface area contributed by atoms with E-state index in [9.17, 15) is 0 Å².